The minimum Gasteiger partial charge on any atom is -0.318 e. The van der Waals surface area contributed by atoms with Gasteiger partial charge in [-0.05, 0) is 95.1 Å². The first-order chi connectivity index (χ1) is 18.5. The summed E-state index contributed by atoms with van der Waals surface area (Å²) in [5.74, 6) is -0.550. The molecule has 39 heavy (non-hydrogen) atoms. The first-order valence-electron chi connectivity index (χ1n) is 12.7. The molecule has 0 saturated heterocycles. The van der Waals surface area contributed by atoms with Gasteiger partial charge >= 0.3 is 0 Å². The van der Waals surface area contributed by atoms with Gasteiger partial charge in [-0.25, -0.2) is 13.8 Å². The molecule has 4 aromatic rings. The lowest BCUT2D eigenvalue weighted by Crippen LogP contribution is -2.39. The first kappa shape index (κ1) is 27.9. The van der Waals surface area contributed by atoms with Crippen molar-refractivity contribution in [1.29, 1.82) is 0 Å². The Kier molecular flexibility index (Phi) is 8.06. The Balaban J connectivity index is 1.55. The van der Waals surface area contributed by atoms with Gasteiger partial charge in [0.05, 0.1) is 16.8 Å². The second kappa shape index (κ2) is 11.3. The third-order valence-electron chi connectivity index (χ3n) is 6.83. The van der Waals surface area contributed by atoms with Gasteiger partial charge in [-0.2, -0.15) is 5.10 Å². The zero-order valence-electron chi connectivity index (χ0n) is 23.2. The molecule has 0 aliphatic heterocycles. The molecular weight excluding hydrogens is 508 g/mol. The molecule has 3 aromatic carbocycles. The molecule has 1 heterocycles. The zero-order valence-corrected chi connectivity index (χ0v) is 24.0. The van der Waals surface area contributed by atoms with Gasteiger partial charge < -0.3 is 4.57 Å². The van der Waals surface area contributed by atoms with Gasteiger partial charge in [0, 0.05) is 22.6 Å². The quantitative estimate of drug-likeness (QED) is 0.230. The Hall–Kier alpha value is -4.17. The number of hydrogen-bond donors (Lipinski definition) is 1. The van der Waals surface area contributed by atoms with Crippen molar-refractivity contribution in [2.75, 3.05) is 10.8 Å². The smallest absolute Gasteiger partial charge is 0.264 e. The maximum absolute atomic E-state index is 13.5. The molecule has 4 rings (SSSR count). The van der Waals surface area contributed by atoms with Crippen LogP contribution in [0, 0.1) is 41.5 Å². The summed E-state index contributed by atoms with van der Waals surface area (Å²) in [6, 6.07) is 21.9. The van der Waals surface area contributed by atoms with Crippen LogP contribution in [-0.2, 0) is 14.8 Å². The number of aromatic nitrogens is 1. The van der Waals surface area contributed by atoms with Crippen LogP contribution in [0.2, 0.25) is 0 Å². The lowest BCUT2D eigenvalue weighted by atomic mass is 10.1. The van der Waals surface area contributed by atoms with Gasteiger partial charge in [-0.1, -0.05) is 41.5 Å². The van der Waals surface area contributed by atoms with Crippen molar-refractivity contribution >= 4 is 27.8 Å². The fourth-order valence-corrected chi connectivity index (χ4v) is 5.80. The van der Waals surface area contributed by atoms with Crippen LogP contribution >= 0.6 is 0 Å². The number of amides is 1. The number of nitrogens with one attached hydrogen (secondary N) is 1. The van der Waals surface area contributed by atoms with Crippen LogP contribution in [0.15, 0.2) is 82.8 Å². The zero-order chi connectivity index (χ0) is 28.3. The Morgan fingerprint density at radius 1 is 0.846 bits per heavy atom. The normalized spacial score (nSPS) is 11.6. The van der Waals surface area contributed by atoms with Crippen LogP contribution in [0.3, 0.4) is 0 Å². The van der Waals surface area contributed by atoms with Crippen LogP contribution in [-0.4, -0.2) is 31.7 Å². The van der Waals surface area contributed by atoms with E-state index in [0.717, 1.165) is 38.1 Å². The molecule has 0 bridgehead atoms. The molecule has 7 nitrogen and oxygen atoms in total. The van der Waals surface area contributed by atoms with E-state index in [1.54, 1.807) is 42.6 Å². The van der Waals surface area contributed by atoms with Crippen molar-refractivity contribution in [3.63, 3.8) is 0 Å². The third kappa shape index (κ3) is 6.12. The van der Waals surface area contributed by atoms with E-state index >= 15 is 0 Å². The Bertz CT molecular complexity index is 1630. The van der Waals surface area contributed by atoms with Crippen molar-refractivity contribution in [3.05, 3.63) is 112 Å². The standard InChI is InChI=1S/C31H34N4O3S/c1-21-7-12-28(13-8-21)34(39(37,38)30-15-9-22(2)10-16-30)20-31(36)33-32-19-27-18-25(5)35(26(27)6)29-14-11-23(3)24(4)17-29/h7-19H,20H2,1-6H3,(H,33,36)/b32-19-. The van der Waals surface area contributed by atoms with E-state index in [9.17, 15) is 13.2 Å². The number of carbonyl (C=O) groups is 1. The van der Waals surface area contributed by atoms with Crippen LogP contribution in [0.4, 0.5) is 5.69 Å². The molecule has 0 saturated carbocycles. The maximum Gasteiger partial charge on any atom is 0.264 e. The second-order valence-corrected chi connectivity index (χ2v) is 11.7. The lowest BCUT2D eigenvalue weighted by Gasteiger charge is -2.24. The summed E-state index contributed by atoms with van der Waals surface area (Å²) in [6.07, 6.45) is 1.59. The van der Waals surface area contributed by atoms with Gasteiger partial charge in [0.2, 0.25) is 0 Å². The highest BCUT2D eigenvalue weighted by molar-refractivity contribution is 7.92. The van der Waals surface area contributed by atoms with E-state index in [4.69, 9.17) is 0 Å². The Labute approximate surface area is 230 Å². The number of rotatable bonds is 8. The second-order valence-electron chi connectivity index (χ2n) is 9.88. The maximum atomic E-state index is 13.5. The molecular formula is C31H34N4O3S. The summed E-state index contributed by atoms with van der Waals surface area (Å²) >= 11 is 0. The highest BCUT2D eigenvalue weighted by atomic mass is 32.2. The molecule has 202 valence electrons. The monoisotopic (exact) mass is 542 g/mol. The van der Waals surface area contributed by atoms with E-state index in [2.05, 4.69) is 47.1 Å². The van der Waals surface area contributed by atoms with Crippen LogP contribution in [0.25, 0.3) is 5.69 Å². The molecule has 0 aliphatic rings. The predicted octanol–water partition coefficient (Wildman–Crippen LogP) is 5.67. The van der Waals surface area contributed by atoms with Crippen LogP contribution in [0.1, 0.15) is 39.2 Å². The minimum atomic E-state index is -3.99. The number of sulfonamides is 1. The van der Waals surface area contributed by atoms with E-state index in [1.165, 1.54) is 11.1 Å². The predicted molar refractivity (Wildman–Crippen MR) is 157 cm³/mol. The molecule has 0 radical (unpaired) electrons. The topological polar surface area (TPSA) is 83.8 Å². The summed E-state index contributed by atoms with van der Waals surface area (Å²) in [5, 5.41) is 4.15. The number of hydrazone groups is 1. The van der Waals surface area contributed by atoms with Gasteiger partial charge in [0.15, 0.2) is 0 Å². The summed E-state index contributed by atoms with van der Waals surface area (Å²) < 4.78 is 30.3. The summed E-state index contributed by atoms with van der Waals surface area (Å²) in [4.78, 5) is 13.0. The van der Waals surface area contributed by atoms with E-state index in [0.29, 0.717) is 5.69 Å². The van der Waals surface area contributed by atoms with Crippen LogP contribution in [0.5, 0.6) is 0 Å². The third-order valence-corrected chi connectivity index (χ3v) is 8.62. The molecule has 0 spiro atoms. The van der Waals surface area contributed by atoms with Gasteiger partial charge in [0.1, 0.15) is 6.54 Å². The first-order valence-corrected chi connectivity index (χ1v) is 14.2. The SMILES string of the molecule is Cc1ccc(N(CC(=O)N/N=C\c2cc(C)n(-c3ccc(C)c(C)c3)c2C)S(=O)(=O)c2ccc(C)cc2)cc1. The van der Waals surface area contributed by atoms with E-state index in [-0.39, 0.29) is 4.90 Å². The highest BCUT2D eigenvalue weighted by Gasteiger charge is 2.27. The van der Waals surface area contributed by atoms with E-state index in [1.807, 2.05) is 45.9 Å². The largest absolute Gasteiger partial charge is 0.318 e. The summed E-state index contributed by atoms with van der Waals surface area (Å²) in [6.45, 7) is 11.6. The van der Waals surface area contributed by atoms with E-state index < -0.39 is 22.5 Å². The van der Waals surface area contributed by atoms with Crippen LogP contribution < -0.4 is 9.73 Å². The van der Waals surface area contributed by atoms with Crippen molar-refractivity contribution < 1.29 is 13.2 Å². The van der Waals surface area contributed by atoms with Crippen molar-refractivity contribution in [2.24, 2.45) is 5.10 Å². The number of hydrogen-bond acceptors (Lipinski definition) is 4. The van der Waals surface area contributed by atoms with Gasteiger partial charge in [0.25, 0.3) is 15.9 Å². The molecule has 0 unspecified atom stereocenters. The molecule has 0 fully saturated rings. The van der Waals surface area contributed by atoms with Gasteiger partial charge in [-0.15, -0.1) is 0 Å². The molecule has 1 amide bonds. The molecule has 1 aromatic heterocycles. The molecule has 0 aliphatic carbocycles. The Morgan fingerprint density at radius 3 is 2.08 bits per heavy atom. The fourth-order valence-electron chi connectivity index (χ4n) is 4.38. The lowest BCUT2D eigenvalue weighted by molar-refractivity contribution is -0.119. The van der Waals surface area contributed by atoms with Crippen molar-refractivity contribution in [3.8, 4) is 5.69 Å². The molecule has 1 N–H and O–H groups in total. The number of nitrogens with zero attached hydrogens (tertiary/aromatic N) is 3. The van der Waals surface area contributed by atoms with Crippen molar-refractivity contribution in [2.45, 2.75) is 46.4 Å². The minimum absolute atomic E-state index is 0.115. The average molecular weight is 543 g/mol. The summed E-state index contributed by atoms with van der Waals surface area (Å²) in [7, 11) is -3.99. The van der Waals surface area contributed by atoms with Crippen molar-refractivity contribution in [1.82, 2.24) is 9.99 Å². The Morgan fingerprint density at radius 2 is 1.46 bits per heavy atom. The van der Waals surface area contributed by atoms with Gasteiger partial charge in [-0.3, -0.25) is 9.10 Å². The molecule has 8 heteroatoms. The average Bonchev–Trinajstić information content (AvgIpc) is 3.17. The highest BCUT2D eigenvalue weighted by Crippen LogP contribution is 2.25. The number of aryl methyl sites for hydroxylation is 5. The number of anilines is 1. The number of carbonyl (C=O) groups excluding carboxylic acids is 1. The summed E-state index contributed by atoms with van der Waals surface area (Å²) in [5.41, 5.74) is 11.2. The molecule has 0 atom stereocenters. The number of benzene rings is 3. The fraction of sp³-hybridized carbons (Fsp3) is 0.226.